The Labute approximate surface area is 100 Å². The number of ether oxygens (including phenoxy) is 1. The molecule has 0 bridgehead atoms. The van der Waals surface area contributed by atoms with Crippen molar-refractivity contribution in [3.63, 3.8) is 0 Å². The fourth-order valence-corrected chi connectivity index (χ4v) is 3.12. The van der Waals surface area contributed by atoms with Crippen LogP contribution >= 0.6 is 0 Å². The average Bonchev–Trinajstić information content (AvgIpc) is 2.82. The first-order valence-corrected chi connectivity index (χ1v) is 7.01. The Morgan fingerprint density at radius 1 is 1.31 bits per heavy atom. The molecule has 1 aliphatic carbocycles. The quantitative estimate of drug-likeness (QED) is 0.726. The molecule has 1 saturated carbocycles. The lowest BCUT2D eigenvalue weighted by Crippen LogP contribution is -2.28. The van der Waals surface area contributed by atoms with Crippen molar-refractivity contribution in [3.8, 4) is 0 Å². The average molecular weight is 225 g/mol. The van der Waals surface area contributed by atoms with Crippen LogP contribution in [-0.4, -0.2) is 25.3 Å². The lowest BCUT2D eigenvalue weighted by Gasteiger charge is -2.18. The van der Waals surface area contributed by atoms with E-state index in [2.05, 4.69) is 19.2 Å². The van der Waals surface area contributed by atoms with Crippen molar-refractivity contribution in [3.05, 3.63) is 0 Å². The van der Waals surface area contributed by atoms with Crippen molar-refractivity contribution < 1.29 is 4.74 Å². The summed E-state index contributed by atoms with van der Waals surface area (Å²) in [6.45, 7) is 6.96. The van der Waals surface area contributed by atoms with E-state index < -0.39 is 0 Å². The molecular formula is C14H27NO. The van der Waals surface area contributed by atoms with Crippen molar-refractivity contribution >= 4 is 0 Å². The van der Waals surface area contributed by atoms with Crippen LogP contribution in [-0.2, 0) is 4.74 Å². The third-order valence-corrected chi connectivity index (χ3v) is 4.13. The van der Waals surface area contributed by atoms with E-state index in [0.717, 1.165) is 12.6 Å². The first-order chi connectivity index (χ1) is 7.66. The van der Waals surface area contributed by atoms with Crippen LogP contribution in [0.1, 0.15) is 58.8 Å². The number of hydrogen-bond donors (Lipinski definition) is 1. The van der Waals surface area contributed by atoms with Crippen LogP contribution in [0.25, 0.3) is 0 Å². The van der Waals surface area contributed by atoms with E-state index in [1.165, 1.54) is 51.5 Å². The molecule has 0 aromatic rings. The Morgan fingerprint density at radius 2 is 2.19 bits per heavy atom. The Kier molecular flexibility index (Phi) is 4.26. The molecule has 2 atom stereocenters. The van der Waals surface area contributed by atoms with Crippen molar-refractivity contribution in [1.29, 1.82) is 0 Å². The van der Waals surface area contributed by atoms with Crippen LogP contribution in [0.5, 0.6) is 0 Å². The molecule has 2 aliphatic rings. The third-order valence-electron chi connectivity index (χ3n) is 4.13. The van der Waals surface area contributed by atoms with Gasteiger partial charge in [0.1, 0.15) is 0 Å². The van der Waals surface area contributed by atoms with E-state index in [1.54, 1.807) is 0 Å². The molecule has 16 heavy (non-hydrogen) atoms. The minimum atomic E-state index is 0.571. The van der Waals surface area contributed by atoms with E-state index in [9.17, 15) is 0 Å². The molecule has 0 spiro atoms. The largest absolute Gasteiger partial charge is 0.378 e. The van der Waals surface area contributed by atoms with Crippen LogP contribution in [0.2, 0.25) is 0 Å². The van der Waals surface area contributed by atoms with Gasteiger partial charge in [0.15, 0.2) is 0 Å². The van der Waals surface area contributed by atoms with Crippen molar-refractivity contribution in [2.24, 2.45) is 5.41 Å². The van der Waals surface area contributed by atoms with E-state index in [4.69, 9.17) is 4.74 Å². The Morgan fingerprint density at radius 3 is 2.81 bits per heavy atom. The van der Waals surface area contributed by atoms with E-state index in [0.29, 0.717) is 11.5 Å². The zero-order valence-electron chi connectivity index (χ0n) is 10.9. The van der Waals surface area contributed by atoms with E-state index in [1.807, 2.05) is 0 Å². The lowest BCUT2D eigenvalue weighted by atomic mass is 9.92. The second-order valence-electron chi connectivity index (χ2n) is 6.34. The molecule has 1 saturated heterocycles. The van der Waals surface area contributed by atoms with Gasteiger partial charge in [-0.2, -0.15) is 0 Å². The molecule has 1 heterocycles. The summed E-state index contributed by atoms with van der Waals surface area (Å²) in [5.41, 5.74) is 0.576. The van der Waals surface area contributed by atoms with Crippen LogP contribution in [0.4, 0.5) is 0 Å². The predicted octanol–water partition coefficient (Wildman–Crippen LogP) is 3.11. The summed E-state index contributed by atoms with van der Waals surface area (Å²) in [5, 5.41) is 3.71. The van der Waals surface area contributed by atoms with Gasteiger partial charge in [0.2, 0.25) is 0 Å². The van der Waals surface area contributed by atoms with Gasteiger partial charge in [0, 0.05) is 12.6 Å². The second kappa shape index (κ2) is 5.50. The highest BCUT2D eigenvalue weighted by Gasteiger charge is 2.30. The van der Waals surface area contributed by atoms with Crippen LogP contribution in [0.3, 0.4) is 0 Å². The molecule has 0 amide bonds. The maximum Gasteiger partial charge on any atom is 0.0576 e. The van der Waals surface area contributed by atoms with Crippen molar-refractivity contribution in [1.82, 2.24) is 5.32 Å². The summed E-state index contributed by atoms with van der Waals surface area (Å²) >= 11 is 0. The lowest BCUT2D eigenvalue weighted by molar-refractivity contribution is 0.102. The third kappa shape index (κ3) is 3.74. The van der Waals surface area contributed by atoms with Gasteiger partial charge in [-0.05, 0) is 56.9 Å². The number of nitrogens with one attached hydrogen (secondary N) is 1. The number of hydrogen-bond acceptors (Lipinski definition) is 2. The smallest absolute Gasteiger partial charge is 0.0576 e. The summed E-state index contributed by atoms with van der Waals surface area (Å²) in [6.07, 6.45) is 9.77. The highest BCUT2D eigenvalue weighted by molar-refractivity contribution is 4.86. The predicted molar refractivity (Wildman–Crippen MR) is 67.6 cm³/mol. The molecule has 2 unspecified atom stereocenters. The minimum absolute atomic E-state index is 0.571. The number of rotatable bonds is 5. The first kappa shape index (κ1) is 12.4. The molecule has 2 nitrogen and oxygen atoms in total. The molecule has 2 rings (SSSR count). The zero-order chi connectivity index (χ0) is 11.4. The molecule has 0 aromatic carbocycles. The molecule has 0 aromatic heterocycles. The first-order valence-electron chi connectivity index (χ1n) is 7.01. The van der Waals surface area contributed by atoms with Crippen molar-refractivity contribution in [2.75, 3.05) is 13.2 Å². The molecule has 2 fully saturated rings. The maximum atomic E-state index is 5.63. The molecule has 2 heteroatoms. The normalized spacial score (nSPS) is 33.4. The summed E-state index contributed by atoms with van der Waals surface area (Å²) in [5.74, 6) is 0. The van der Waals surface area contributed by atoms with Gasteiger partial charge in [-0.3, -0.25) is 0 Å². The topological polar surface area (TPSA) is 21.3 Å². The maximum absolute atomic E-state index is 5.63. The van der Waals surface area contributed by atoms with E-state index in [-0.39, 0.29) is 0 Å². The molecule has 0 radical (unpaired) electrons. The highest BCUT2D eigenvalue weighted by atomic mass is 16.5. The highest BCUT2D eigenvalue weighted by Crippen LogP contribution is 2.36. The van der Waals surface area contributed by atoms with E-state index >= 15 is 0 Å². The fourth-order valence-electron chi connectivity index (χ4n) is 3.12. The fraction of sp³-hybridized carbons (Fsp3) is 1.00. The summed E-state index contributed by atoms with van der Waals surface area (Å²) in [6, 6.07) is 0.777. The van der Waals surface area contributed by atoms with Gasteiger partial charge < -0.3 is 10.1 Å². The Hall–Kier alpha value is -0.0800. The monoisotopic (exact) mass is 225 g/mol. The van der Waals surface area contributed by atoms with Gasteiger partial charge in [-0.1, -0.05) is 13.8 Å². The second-order valence-corrected chi connectivity index (χ2v) is 6.34. The van der Waals surface area contributed by atoms with Crippen LogP contribution in [0.15, 0.2) is 0 Å². The summed E-state index contributed by atoms with van der Waals surface area (Å²) in [4.78, 5) is 0. The van der Waals surface area contributed by atoms with Crippen molar-refractivity contribution in [2.45, 2.75) is 70.9 Å². The summed E-state index contributed by atoms with van der Waals surface area (Å²) < 4.78 is 5.63. The SMILES string of the molecule is CC1(C)CCC(NCCCC2CCCO2)C1. The Bertz CT molecular complexity index is 209. The van der Waals surface area contributed by atoms with Gasteiger partial charge >= 0.3 is 0 Å². The molecule has 1 N–H and O–H groups in total. The van der Waals surface area contributed by atoms with Crippen LogP contribution < -0.4 is 5.32 Å². The summed E-state index contributed by atoms with van der Waals surface area (Å²) in [7, 11) is 0. The molecule has 94 valence electrons. The van der Waals surface area contributed by atoms with Gasteiger partial charge in [0.05, 0.1) is 6.10 Å². The van der Waals surface area contributed by atoms with Gasteiger partial charge in [-0.15, -0.1) is 0 Å². The standard InChI is InChI=1S/C14H27NO/c1-14(2)8-7-12(11-14)15-9-3-5-13-6-4-10-16-13/h12-13,15H,3-11H2,1-2H3. The van der Waals surface area contributed by atoms with Crippen LogP contribution in [0, 0.1) is 5.41 Å². The van der Waals surface area contributed by atoms with Gasteiger partial charge in [0.25, 0.3) is 0 Å². The Balaban J connectivity index is 1.51. The van der Waals surface area contributed by atoms with Gasteiger partial charge in [-0.25, -0.2) is 0 Å². The molecular weight excluding hydrogens is 198 g/mol. The minimum Gasteiger partial charge on any atom is -0.378 e. The zero-order valence-corrected chi connectivity index (χ0v) is 10.9. The molecule has 1 aliphatic heterocycles.